The molecule has 0 heterocycles. The van der Waals surface area contributed by atoms with Crippen LogP contribution in [-0.4, -0.2) is 25.0 Å². The third kappa shape index (κ3) is 4.81. The molecule has 0 aliphatic carbocycles. The standard InChI is InChI=1S/C19H18O4/c1-2-12-22-19(21)18(13-15-8-4-3-5-9-15)23-17-11-7-6-10-16(17)14-20/h2-11,14,18H,1,12-13H2/t18-/m0/s1. The van der Waals surface area contributed by atoms with E-state index in [-0.39, 0.29) is 6.61 Å². The van der Waals surface area contributed by atoms with Crippen molar-refractivity contribution in [1.29, 1.82) is 0 Å². The first kappa shape index (κ1) is 16.5. The smallest absolute Gasteiger partial charge is 0.347 e. The van der Waals surface area contributed by atoms with E-state index in [1.807, 2.05) is 30.3 Å². The Hall–Kier alpha value is -2.88. The molecule has 23 heavy (non-hydrogen) atoms. The normalized spacial score (nSPS) is 11.3. The van der Waals surface area contributed by atoms with Crippen molar-refractivity contribution in [2.45, 2.75) is 12.5 Å². The van der Waals surface area contributed by atoms with Crippen molar-refractivity contribution in [2.24, 2.45) is 0 Å². The molecule has 0 saturated carbocycles. The minimum absolute atomic E-state index is 0.114. The topological polar surface area (TPSA) is 52.6 Å². The summed E-state index contributed by atoms with van der Waals surface area (Å²) in [6, 6.07) is 16.3. The first-order chi connectivity index (χ1) is 11.2. The number of ether oxygens (including phenoxy) is 2. The third-order valence-corrected chi connectivity index (χ3v) is 3.19. The molecule has 0 saturated heterocycles. The SMILES string of the molecule is C=CCOC(=O)[C@H](Cc1ccccc1)Oc1ccccc1C=O. The fourth-order valence-electron chi connectivity index (χ4n) is 2.07. The van der Waals surface area contributed by atoms with Gasteiger partial charge in [-0.2, -0.15) is 0 Å². The first-order valence-corrected chi connectivity index (χ1v) is 7.27. The van der Waals surface area contributed by atoms with Crippen LogP contribution in [0.5, 0.6) is 5.75 Å². The summed E-state index contributed by atoms with van der Waals surface area (Å²) < 4.78 is 10.9. The Morgan fingerprint density at radius 3 is 2.48 bits per heavy atom. The predicted molar refractivity (Wildman–Crippen MR) is 87.5 cm³/mol. The fourth-order valence-corrected chi connectivity index (χ4v) is 2.07. The van der Waals surface area contributed by atoms with Gasteiger partial charge < -0.3 is 9.47 Å². The summed E-state index contributed by atoms with van der Waals surface area (Å²) in [5.41, 5.74) is 1.33. The van der Waals surface area contributed by atoms with Crippen LogP contribution in [0.1, 0.15) is 15.9 Å². The number of carbonyl (C=O) groups excluding carboxylic acids is 2. The predicted octanol–water partition coefficient (Wildman–Crippen LogP) is 3.22. The van der Waals surface area contributed by atoms with Gasteiger partial charge in [0.1, 0.15) is 12.4 Å². The Morgan fingerprint density at radius 1 is 1.09 bits per heavy atom. The van der Waals surface area contributed by atoms with Gasteiger partial charge >= 0.3 is 5.97 Å². The third-order valence-electron chi connectivity index (χ3n) is 3.19. The second-order valence-electron chi connectivity index (χ2n) is 4.87. The summed E-state index contributed by atoms with van der Waals surface area (Å²) in [5, 5.41) is 0. The Labute approximate surface area is 135 Å². The summed E-state index contributed by atoms with van der Waals surface area (Å²) in [7, 11) is 0. The van der Waals surface area contributed by atoms with Gasteiger partial charge in [-0.25, -0.2) is 4.79 Å². The van der Waals surface area contributed by atoms with Crippen LogP contribution in [0.3, 0.4) is 0 Å². The Balaban J connectivity index is 2.20. The highest BCUT2D eigenvalue weighted by Gasteiger charge is 2.23. The number of para-hydroxylation sites is 1. The summed E-state index contributed by atoms with van der Waals surface area (Å²) in [4.78, 5) is 23.3. The highest BCUT2D eigenvalue weighted by atomic mass is 16.6. The molecule has 0 aliphatic heterocycles. The van der Waals surface area contributed by atoms with E-state index in [0.717, 1.165) is 5.56 Å². The van der Waals surface area contributed by atoms with Crippen molar-refractivity contribution in [2.75, 3.05) is 6.61 Å². The lowest BCUT2D eigenvalue weighted by atomic mass is 10.1. The van der Waals surface area contributed by atoms with Crippen LogP contribution in [0.25, 0.3) is 0 Å². The molecule has 0 aliphatic rings. The lowest BCUT2D eigenvalue weighted by Gasteiger charge is -2.18. The highest BCUT2D eigenvalue weighted by Crippen LogP contribution is 2.19. The first-order valence-electron chi connectivity index (χ1n) is 7.27. The van der Waals surface area contributed by atoms with Crippen molar-refractivity contribution in [3.05, 3.63) is 78.4 Å². The molecular weight excluding hydrogens is 292 g/mol. The zero-order chi connectivity index (χ0) is 16.5. The Bertz CT molecular complexity index is 664. The molecule has 0 unspecified atom stereocenters. The second kappa shape index (κ2) is 8.54. The van der Waals surface area contributed by atoms with Crippen molar-refractivity contribution in [3.8, 4) is 5.75 Å². The molecule has 0 aromatic heterocycles. The molecule has 0 radical (unpaired) electrons. The number of rotatable bonds is 8. The minimum atomic E-state index is -0.835. The monoisotopic (exact) mass is 310 g/mol. The summed E-state index contributed by atoms with van der Waals surface area (Å²) in [6.07, 6.45) is 1.71. The lowest BCUT2D eigenvalue weighted by Crippen LogP contribution is -2.32. The molecule has 2 aromatic rings. The van der Waals surface area contributed by atoms with E-state index in [2.05, 4.69) is 6.58 Å². The number of hydrogen-bond donors (Lipinski definition) is 0. The molecule has 2 rings (SSSR count). The molecule has 0 bridgehead atoms. The molecular formula is C19H18O4. The van der Waals surface area contributed by atoms with Gasteiger partial charge in [0.15, 0.2) is 12.4 Å². The molecule has 0 spiro atoms. The van der Waals surface area contributed by atoms with Crippen molar-refractivity contribution in [3.63, 3.8) is 0 Å². The zero-order valence-electron chi connectivity index (χ0n) is 12.7. The second-order valence-corrected chi connectivity index (χ2v) is 4.87. The summed E-state index contributed by atoms with van der Waals surface area (Å²) in [5.74, 6) is -0.131. The van der Waals surface area contributed by atoms with Crippen LogP contribution in [0.4, 0.5) is 0 Å². The van der Waals surface area contributed by atoms with Crippen LogP contribution in [-0.2, 0) is 16.0 Å². The number of benzene rings is 2. The highest BCUT2D eigenvalue weighted by molar-refractivity contribution is 5.80. The van der Waals surface area contributed by atoms with Gasteiger partial charge in [-0.15, -0.1) is 0 Å². The average molecular weight is 310 g/mol. The molecule has 0 amide bonds. The number of hydrogen-bond acceptors (Lipinski definition) is 4. The molecule has 2 aromatic carbocycles. The molecule has 0 fully saturated rings. The molecule has 4 nitrogen and oxygen atoms in total. The summed E-state index contributed by atoms with van der Waals surface area (Å²) in [6.45, 7) is 3.64. The van der Waals surface area contributed by atoms with Crippen LogP contribution < -0.4 is 4.74 Å². The maximum Gasteiger partial charge on any atom is 0.347 e. The van der Waals surface area contributed by atoms with Crippen molar-refractivity contribution >= 4 is 12.3 Å². The van der Waals surface area contributed by atoms with E-state index in [1.54, 1.807) is 24.3 Å². The van der Waals surface area contributed by atoms with Gasteiger partial charge in [0.2, 0.25) is 0 Å². The quantitative estimate of drug-likeness (QED) is 0.427. The van der Waals surface area contributed by atoms with Gasteiger partial charge in [-0.1, -0.05) is 55.1 Å². The van der Waals surface area contributed by atoms with Crippen molar-refractivity contribution < 1.29 is 19.1 Å². The van der Waals surface area contributed by atoms with Gasteiger partial charge in [0.25, 0.3) is 0 Å². The zero-order valence-corrected chi connectivity index (χ0v) is 12.7. The number of aldehydes is 1. The van der Waals surface area contributed by atoms with E-state index in [9.17, 15) is 9.59 Å². The largest absolute Gasteiger partial charge is 0.478 e. The van der Waals surface area contributed by atoms with Gasteiger partial charge in [-0.3, -0.25) is 4.79 Å². The lowest BCUT2D eigenvalue weighted by molar-refractivity contribution is -0.150. The van der Waals surface area contributed by atoms with Crippen LogP contribution in [0.15, 0.2) is 67.3 Å². The number of carbonyl (C=O) groups is 2. The van der Waals surface area contributed by atoms with E-state index in [4.69, 9.17) is 9.47 Å². The van der Waals surface area contributed by atoms with E-state index in [0.29, 0.717) is 24.0 Å². The van der Waals surface area contributed by atoms with Crippen LogP contribution >= 0.6 is 0 Å². The Morgan fingerprint density at radius 2 is 1.78 bits per heavy atom. The van der Waals surface area contributed by atoms with Crippen LogP contribution in [0, 0.1) is 0 Å². The Kier molecular flexibility index (Phi) is 6.12. The van der Waals surface area contributed by atoms with Gasteiger partial charge in [0.05, 0.1) is 5.56 Å². The maximum atomic E-state index is 12.2. The van der Waals surface area contributed by atoms with Crippen molar-refractivity contribution in [1.82, 2.24) is 0 Å². The van der Waals surface area contributed by atoms with Crippen LogP contribution in [0.2, 0.25) is 0 Å². The minimum Gasteiger partial charge on any atom is -0.478 e. The molecule has 0 N–H and O–H groups in total. The molecule has 1 atom stereocenters. The molecule has 4 heteroatoms. The van der Waals surface area contributed by atoms with Gasteiger partial charge in [-0.05, 0) is 17.7 Å². The number of esters is 1. The summed E-state index contributed by atoms with van der Waals surface area (Å²) >= 11 is 0. The van der Waals surface area contributed by atoms with E-state index >= 15 is 0 Å². The average Bonchev–Trinajstić information content (AvgIpc) is 2.60. The molecule has 118 valence electrons. The fraction of sp³-hybridized carbons (Fsp3) is 0.158. The van der Waals surface area contributed by atoms with E-state index in [1.165, 1.54) is 6.08 Å². The van der Waals surface area contributed by atoms with Gasteiger partial charge in [0, 0.05) is 6.42 Å². The maximum absolute atomic E-state index is 12.2. The van der Waals surface area contributed by atoms with E-state index < -0.39 is 12.1 Å².